The Morgan fingerprint density at radius 1 is 1.19 bits per heavy atom. The van der Waals surface area contributed by atoms with E-state index in [9.17, 15) is 9.18 Å². The Bertz CT molecular complexity index is 948. The number of rotatable bonds is 6. The van der Waals surface area contributed by atoms with Crippen LogP contribution in [0.4, 0.5) is 4.39 Å². The minimum Gasteiger partial charge on any atom is -0.465 e. The third-order valence-corrected chi connectivity index (χ3v) is 4.79. The second-order valence-corrected chi connectivity index (χ2v) is 7.05. The molecule has 1 aliphatic carbocycles. The third-order valence-electron chi connectivity index (χ3n) is 4.79. The molecule has 0 N–H and O–H groups in total. The first-order valence-electron chi connectivity index (χ1n) is 9.13. The number of hydrogen-bond acceptors (Lipinski definition) is 3. The summed E-state index contributed by atoms with van der Waals surface area (Å²) in [6, 6.07) is 12.0. The zero-order valence-corrected chi connectivity index (χ0v) is 15.2. The molecule has 2 heterocycles. The van der Waals surface area contributed by atoms with Crippen LogP contribution in [0.5, 0.6) is 0 Å². The van der Waals surface area contributed by atoms with Gasteiger partial charge in [0.1, 0.15) is 17.3 Å². The van der Waals surface area contributed by atoms with Crippen molar-refractivity contribution in [2.24, 2.45) is 0 Å². The van der Waals surface area contributed by atoms with E-state index < -0.39 is 0 Å². The maximum absolute atomic E-state index is 13.6. The molecule has 0 atom stereocenters. The molecule has 4 nitrogen and oxygen atoms in total. The molecule has 1 saturated carbocycles. The topological polar surface area (TPSA) is 46.3 Å². The number of hydrogen-bond donors (Lipinski definition) is 0. The van der Waals surface area contributed by atoms with Gasteiger partial charge in [-0.05, 0) is 55.2 Å². The Morgan fingerprint density at radius 3 is 2.67 bits per heavy atom. The predicted octanol–water partition coefficient (Wildman–Crippen LogP) is 4.84. The Hall–Kier alpha value is -2.95. The fraction of sp³-hybridized carbons (Fsp3) is 0.273. The van der Waals surface area contributed by atoms with Crippen LogP contribution in [0.1, 0.15) is 51.8 Å². The van der Waals surface area contributed by atoms with Crippen molar-refractivity contribution < 1.29 is 13.6 Å². The highest BCUT2D eigenvalue weighted by atomic mass is 19.1. The number of nitrogens with zero attached hydrogens (tertiary/aromatic N) is 2. The van der Waals surface area contributed by atoms with Crippen LogP contribution in [0, 0.1) is 12.7 Å². The zero-order valence-electron chi connectivity index (χ0n) is 15.2. The van der Waals surface area contributed by atoms with E-state index in [1.807, 2.05) is 31.2 Å². The van der Waals surface area contributed by atoms with Crippen molar-refractivity contribution in [1.29, 1.82) is 0 Å². The Balaban J connectivity index is 1.62. The lowest BCUT2D eigenvalue weighted by molar-refractivity contribution is 0.0728. The van der Waals surface area contributed by atoms with E-state index in [1.165, 1.54) is 12.1 Å². The second kappa shape index (κ2) is 7.35. The van der Waals surface area contributed by atoms with Gasteiger partial charge < -0.3 is 9.32 Å². The number of pyridine rings is 1. The highest BCUT2D eigenvalue weighted by molar-refractivity contribution is 5.95. The summed E-state index contributed by atoms with van der Waals surface area (Å²) < 4.78 is 19.4. The number of aromatic nitrogens is 1. The first kappa shape index (κ1) is 17.5. The van der Waals surface area contributed by atoms with E-state index in [2.05, 4.69) is 4.98 Å². The van der Waals surface area contributed by atoms with Gasteiger partial charge in [-0.25, -0.2) is 4.39 Å². The number of halogens is 1. The number of aryl methyl sites for hydroxylation is 1. The summed E-state index contributed by atoms with van der Waals surface area (Å²) in [7, 11) is 0. The molecule has 1 amide bonds. The van der Waals surface area contributed by atoms with Gasteiger partial charge in [0.15, 0.2) is 0 Å². The van der Waals surface area contributed by atoms with Gasteiger partial charge >= 0.3 is 0 Å². The van der Waals surface area contributed by atoms with Gasteiger partial charge in [0.05, 0.1) is 5.56 Å². The SMILES string of the molecule is Cc1oc(C2CC2)cc1C(=O)N(Cc1cccnc1)Cc1cccc(F)c1. The number of amides is 1. The summed E-state index contributed by atoms with van der Waals surface area (Å²) >= 11 is 0. The molecule has 5 heteroatoms. The van der Waals surface area contributed by atoms with Crippen LogP contribution in [-0.4, -0.2) is 15.8 Å². The van der Waals surface area contributed by atoms with E-state index in [0.717, 1.165) is 29.7 Å². The lowest BCUT2D eigenvalue weighted by Gasteiger charge is -2.23. The summed E-state index contributed by atoms with van der Waals surface area (Å²) in [6.45, 7) is 2.53. The molecule has 4 rings (SSSR count). The van der Waals surface area contributed by atoms with Gasteiger partial charge in [-0.1, -0.05) is 18.2 Å². The lowest BCUT2D eigenvalue weighted by atomic mass is 10.1. The number of benzene rings is 1. The predicted molar refractivity (Wildman–Crippen MR) is 99.6 cm³/mol. The van der Waals surface area contributed by atoms with E-state index in [1.54, 1.807) is 23.4 Å². The van der Waals surface area contributed by atoms with Crippen LogP contribution in [0.25, 0.3) is 0 Å². The van der Waals surface area contributed by atoms with Gasteiger partial charge in [-0.3, -0.25) is 9.78 Å². The van der Waals surface area contributed by atoms with Gasteiger partial charge in [0.25, 0.3) is 5.91 Å². The van der Waals surface area contributed by atoms with Crippen LogP contribution < -0.4 is 0 Å². The molecule has 1 aromatic carbocycles. The number of carbonyl (C=O) groups is 1. The fourth-order valence-electron chi connectivity index (χ4n) is 3.22. The zero-order chi connectivity index (χ0) is 18.8. The van der Waals surface area contributed by atoms with Crippen LogP contribution in [-0.2, 0) is 13.1 Å². The lowest BCUT2D eigenvalue weighted by Crippen LogP contribution is -2.30. The van der Waals surface area contributed by atoms with E-state index in [0.29, 0.717) is 30.3 Å². The minimum atomic E-state index is -0.309. The first-order valence-corrected chi connectivity index (χ1v) is 9.13. The molecule has 27 heavy (non-hydrogen) atoms. The molecular formula is C22H21FN2O2. The standard InChI is InChI=1S/C22H21FN2O2/c1-15-20(11-21(27-15)18-7-8-18)22(26)25(14-17-5-3-9-24-12-17)13-16-4-2-6-19(23)10-16/h2-6,9-12,18H,7-8,13-14H2,1H3. The molecule has 1 aliphatic rings. The molecule has 1 fully saturated rings. The summed E-state index contributed by atoms with van der Waals surface area (Å²) in [4.78, 5) is 19.1. The van der Waals surface area contributed by atoms with Gasteiger partial charge in [-0.2, -0.15) is 0 Å². The normalized spacial score (nSPS) is 13.6. The quantitative estimate of drug-likeness (QED) is 0.629. The molecule has 0 aliphatic heterocycles. The molecule has 0 unspecified atom stereocenters. The molecule has 0 bridgehead atoms. The fourth-order valence-corrected chi connectivity index (χ4v) is 3.22. The summed E-state index contributed by atoms with van der Waals surface area (Å²) in [6.07, 6.45) is 5.67. The maximum atomic E-state index is 13.6. The average molecular weight is 364 g/mol. The summed E-state index contributed by atoms with van der Waals surface area (Å²) in [5, 5.41) is 0. The number of furan rings is 1. The van der Waals surface area contributed by atoms with Gasteiger partial charge in [0.2, 0.25) is 0 Å². The minimum absolute atomic E-state index is 0.115. The summed E-state index contributed by atoms with van der Waals surface area (Å²) in [5.74, 6) is 1.55. The molecule has 0 saturated heterocycles. The van der Waals surface area contributed by atoms with E-state index in [-0.39, 0.29) is 11.7 Å². The molecule has 2 aromatic heterocycles. The van der Waals surface area contributed by atoms with Crippen LogP contribution >= 0.6 is 0 Å². The van der Waals surface area contributed by atoms with Gasteiger partial charge in [0, 0.05) is 31.4 Å². The Morgan fingerprint density at radius 2 is 1.96 bits per heavy atom. The monoisotopic (exact) mass is 364 g/mol. The first-order chi connectivity index (χ1) is 13.1. The van der Waals surface area contributed by atoms with Crippen LogP contribution in [0.2, 0.25) is 0 Å². The van der Waals surface area contributed by atoms with Crippen molar-refractivity contribution in [2.45, 2.75) is 38.8 Å². The molecular weight excluding hydrogens is 343 g/mol. The van der Waals surface area contributed by atoms with Crippen molar-refractivity contribution in [3.05, 3.63) is 88.9 Å². The average Bonchev–Trinajstić information content (AvgIpc) is 3.44. The van der Waals surface area contributed by atoms with Crippen LogP contribution in [0.15, 0.2) is 59.3 Å². The molecule has 0 radical (unpaired) electrons. The summed E-state index contributed by atoms with van der Waals surface area (Å²) in [5.41, 5.74) is 2.25. The largest absolute Gasteiger partial charge is 0.465 e. The van der Waals surface area contributed by atoms with Crippen molar-refractivity contribution in [3.63, 3.8) is 0 Å². The van der Waals surface area contributed by atoms with Crippen LogP contribution in [0.3, 0.4) is 0 Å². The van der Waals surface area contributed by atoms with Crippen molar-refractivity contribution >= 4 is 5.91 Å². The second-order valence-electron chi connectivity index (χ2n) is 7.05. The smallest absolute Gasteiger partial charge is 0.258 e. The highest BCUT2D eigenvalue weighted by Crippen LogP contribution is 2.41. The van der Waals surface area contributed by atoms with Crippen molar-refractivity contribution in [2.75, 3.05) is 0 Å². The number of carbonyl (C=O) groups excluding carboxylic acids is 1. The Kier molecular flexibility index (Phi) is 4.75. The maximum Gasteiger partial charge on any atom is 0.258 e. The molecule has 0 spiro atoms. The van der Waals surface area contributed by atoms with Gasteiger partial charge in [-0.15, -0.1) is 0 Å². The van der Waals surface area contributed by atoms with Crippen molar-refractivity contribution in [3.8, 4) is 0 Å². The Labute approximate surface area is 157 Å². The van der Waals surface area contributed by atoms with E-state index >= 15 is 0 Å². The molecule has 3 aromatic rings. The molecule has 138 valence electrons. The third kappa shape index (κ3) is 4.08. The van der Waals surface area contributed by atoms with E-state index in [4.69, 9.17) is 4.42 Å². The highest BCUT2D eigenvalue weighted by Gasteiger charge is 2.30. The van der Waals surface area contributed by atoms with Crippen molar-refractivity contribution in [1.82, 2.24) is 9.88 Å².